The first-order chi connectivity index (χ1) is 24.7. The first-order valence-electron chi connectivity index (χ1n) is 19.2. The van der Waals surface area contributed by atoms with E-state index >= 15 is 0 Å². The molecular weight excluding hydrogens is 662 g/mol. The topological polar surface area (TPSA) is 177 Å². The normalized spacial score (nSPS) is 19.2. The Kier molecular flexibility index (Phi) is 22.2. The number of ketones is 1. The lowest BCUT2D eigenvalue weighted by molar-refractivity contribution is -0.143. The minimum atomic E-state index is -0.983. The highest BCUT2D eigenvalue weighted by Gasteiger charge is 2.40. The second kappa shape index (κ2) is 25.1. The number of amides is 5. The largest absolute Gasteiger partial charge is 0.460 e. The summed E-state index contributed by atoms with van der Waals surface area (Å²) in [6.45, 7) is 14.7. The second-order valence-electron chi connectivity index (χ2n) is 15.2. The van der Waals surface area contributed by atoms with Gasteiger partial charge in [-0.05, 0) is 42.6 Å². The van der Waals surface area contributed by atoms with E-state index in [0.717, 1.165) is 31.2 Å². The Balaban J connectivity index is 0.000000479. The molecular formula is C40H67N5O7. The van der Waals surface area contributed by atoms with Gasteiger partial charge in [-0.1, -0.05) is 136 Å². The number of urea groups is 1. The van der Waals surface area contributed by atoms with Crippen LogP contribution in [0.2, 0.25) is 0 Å². The maximum atomic E-state index is 13.1. The van der Waals surface area contributed by atoms with E-state index in [9.17, 15) is 28.8 Å². The zero-order valence-electron chi connectivity index (χ0n) is 32.8. The van der Waals surface area contributed by atoms with Crippen molar-refractivity contribution in [1.29, 1.82) is 0 Å². The summed E-state index contributed by atoms with van der Waals surface area (Å²) in [5.74, 6) is -1.43. The number of nitrogens with zero attached hydrogens (tertiary/aromatic N) is 1. The first-order valence-corrected chi connectivity index (χ1v) is 19.2. The molecule has 1 saturated heterocycles. The Bertz CT molecular complexity index is 1220. The zero-order chi connectivity index (χ0) is 39.1. The summed E-state index contributed by atoms with van der Waals surface area (Å²) in [7, 11) is 0. The maximum Gasteiger partial charge on any atom is 0.325 e. The predicted octanol–water partition coefficient (Wildman–Crippen LogP) is 5.80. The number of hydrogen-bond acceptors (Lipinski definition) is 7. The van der Waals surface area contributed by atoms with Gasteiger partial charge in [0.05, 0.1) is 6.04 Å². The molecule has 2 saturated carbocycles. The number of esters is 1. The molecule has 0 bridgehead atoms. The predicted molar refractivity (Wildman–Crippen MR) is 204 cm³/mol. The molecule has 1 aromatic carbocycles. The monoisotopic (exact) mass is 730 g/mol. The van der Waals surface area contributed by atoms with Crippen LogP contribution in [0.15, 0.2) is 30.3 Å². The highest BCUT2D eigenvalue weighted by molar-refractivity contribution is 6.37. The van der Waals surface area contributed by atoms with Gasteiger partial charge in [-0.15, -0.1) is 0 Å². The standard InChI is InChI=1S/C22H33N3O4.C9H14N2O3.C6H12.C3H8/c1-15-11-12-25(16(15)2)20(27)19(22(3,4)5)24-21(28)23-13-18(26)29-14-17-9-7-6-8-10-17;10-9(14)8(13)7(11-5-12)4-6-2-1-3-6;1-2-4-6-5-3-1;1-3-2/h6-10,15-16,19H,11-14H2,1-5H3,(H2,23,24,28);5-7H,1-4H2,(H2,10,14)(H,11,12);1-6H2;3H2,1-2H3/t15?,16-,19?;;;/m1.../s1. The van der Waals surface area contributed by atoms with E-state index in [4.69, 9.17) is 10.5 Å². The number of nitrogens with two attached hydrogens (primary N) is 1. The van der Waals surface area contributed by atoms with Gasteiger partial charge in [-0.2, -0.15) is 0 Å². The molecule has 0 radical (unpaired) electrons. The van der Waals surface area contributed by atoms with Crippen LogP contribution in [0.4, 0.5) is 4.79 Å². The van der Waals surface area contributed by atoms with Crippen LogP contribution in [0.3, 0.4) is 0 Å². The number of hydrogen-bond donors (Lipinski definition) is 4. The summed E-state index contributed by atoms with van der Waals surface area (Å²) in [6, 6.07) is 7.49. The van der Waals surface area contributed by atoms with Gasteiger partial charge in [-0.25, -0.2) is 4.79 Å². The fraction of sp³-hybridized carbons (Fsp3) is 0.700. The Morgan fingerprint density at radius 2 is 1.48 bits per heavy atom. The SMILES string of the molecule is C1CCCCC1.CC1CCN(C(=O)C(NC(=O)NCC(=O)OCc2ccccc2)C(C)(C)C)[C@@H]1C.CCC.NC(=O)C(=O)C(CC1CCC1)NC=O. The highest BCUT2D eigenvalue weighted by Crippen LogP contribution is 2.30. The molecule has 2 aliphatic carbocycles. The van der Waals surface area contributed by atoms with E-state index < -0.39 is 41.2 Å². The Morgan fingerprint density at radius 3 is 1.90 bits per heavy atom. The number of ether oxygens (including phenoxy) is 1. The summed E-state index contributed by atoms with van der Waals surface area (Å²) in [5.41, 5.74) is 5.27. The van der Waals surface area contributed by atoms with Gasteiger partial charge >= 0.3 is 12.0 Å². The zero-order valence-corrected chi connectivity index (χ0v) is 32.8. The van der Waals surface area contributed by atoms with Crippen LogP contribution in [-0.4, -0.2) is 72.1 Å². The minimum absolute atomic E-state index is 0.0869. The molecule has 4 atom stereocenters. The quantitative estimate of drug-likeness (QED) is 0.119. The molecule has 1 aromatic rings. The third kappa shape index (κ3) is 18.0. The molecule has 1 heterocycles. The van der Waals surface area contributed by atoms with Gasteiger partial charge in [0.1, 0.15) is 19.2 Å². The molecule has 1 aliphatic heterocycles. The number of carbonyl (C=O) groups excluding carboxylic acids is 6. The molecule has 5 N–H and O–H groups in total. The average Bonchev–Trinajstić information content (AvgIpc) is 3.44. The van der Waals surface area contributed by atoms with Gasteiger partial charge in [0.15, 0.2) is 0 Å². The molecule has 0 spiro atoms. The molecule has 12 heteroatoms. The van der Waals surface area contributed by atoms with Crippen LogP contribution in [0.5, 0.6) is 0 Å². The van der Waals surface area contributed by atoms with Crippen molar-refractivity contribution >= 4 is 36.0 Å². The third-order valence-corrected chi connectivity index (χ3v) is 9.57. The van der Waals surface area contributed by atoms with Gasteiger partial charge < -0.3 is 31.3 Å². The van der Waals surface area contributed by atoms with E-state index in [1.165, 1.54) is 44.9 Å². The lowest BCUT2D eigenvalue weighted by Gasteiger charge is -2.35. The molecule has 3 unspecified atom stereocenters. The summed E-state index contributed by atoms with van der Waals surface area (Å²) < 4.78 is 5.15. The number of nitrogens with one attached hydrogen (secondary N) is 3. The fourth-order valence-corrected chi connectivity index (χ4v) is 5.97. The van der Waals surface area contributed by atoms with Crippen molar-refractivity contribution in [3.63, 3.8) is 0 Å². The number of primary amides is 1. The molecule has 12 nitrogen and oxygen atoms in total. The smallest absolute Gasteiger partial charge is 0.325 e. The van der Waals surface area contributed by atoms with Gasteiger partial charge in [0, 0.05) is 12.6 Å². The molecule has 3 fully saturated rings. The van der Waals surface area contributed by atoms with Crippen molar-refractivity contribution in [2.75, 3.05) is 13.1 Å². The van der Waals surface area contributed by atoms with Crippen LogP contribution in [0.1, 0.15) is 131 Å². The Hall–Kier alpha value is -3.96. The van der Waals surface area contributed by atoms with Crippen LogP contribution in [0.25, 0.3) is 0 Å². The summed E-state index contributed by atoms with van der Waals surface area (Å²) in [6.07, 6.45) is 15.4. The summed E-state index contributed by atoms with van der Waals surface area (Å²) in [5, 5.41) is 7.57. The highest BCUT2D eigenvalue weighted by atomic mass is 16.5. The first kappa shape index (κ1) is 46.1. The van der Waals surface area contributed by atoms with Crippen molar-refractivity contribution in [2.45, 2.75) is 150 Å². The number of rotatable bonds is 12. The fourth-order valence-electron chi connectivity index (χ4n) is 5.97. The third-order valence-electron chi connectivity index (χ3n) is 9.57. The van der Waals surface area contributed by atoms with Gasteiger partial charge in [-0.3, -0.25) is 24.0 Å². The van der Waals surface area contributed by atoms with Crippen LogP contribution >= 0.6 is 0 Å². The van der Waals surface area contributed by atoms with Crippen molar-refractivity contribution in [1.82, 2.24) is 20.9 Å². The number of Topliss-reactive ketones (excluding diaryl/α,β-unsaturated/α-hetero) is 1. The number of likely N-dealkylation sites (tertiary alicyclic amines) is 1. The van der Waals surface area contributed by atoms with E-state index in [1.807, 2.05) is 62.9 Å². The average molecular weight is 730 g/mol. The summed E-state index contributed by atoms with van der Waals surface area (Å²) in [4.78, 5) is 71.2. The number of benzene rings is 1. The van der Waals surface area contributed by atoms with E-state index in [1.54, 1.807) is 0 Å². The lowest BCUT2D eigenvalue weighted by Crippen LogP contribution is -2.57. The van der Waals surface area contributed by atoms with Crippen molar-refractivity contribution < 1.29 is 33.5 Å². The molecule has 294 valence electrons. The lowest BCUT2D eigenvalue weighted by atomic mass is 9.80. The van der Waals surface area contributed by atoms with Crippen molar-refractivity contribution in [2.24, 2.45) is 23.0 Å². The van der Waals surface area contributed by atoms with Crippen molar-refractivity contribution in [3.05, 3.63) is 35.9 Å². The van der Waals surface area contributed by atoms with E-state index in [2.05, 4.69) is 36.7 Å². The maximum absolute atomic E-state index is 13.1. The van der Waals surface area contributed by atoms with Crippen molar-refractivity contribution in [3.8, 4) is 0 Å². The van der Waals surface area contributed by atoms with E-state index in [0.29, 0.717) is 31.2 Å². The van der Waals surface area contributed by atoms with E-state index in [-0.39, 0.29) is 25.1 Å². The molecule has 4 rings (SSSR count). The second-order valence-corrected chi connectivity index (χ2v) is 15.2. The molecule has 0 aromatic heterocycles. The van der Waals surface area contributed by atoms with Crippen LogP contribution < -0.4 is 21.7 Å². The molecule has 3 aliphatic rings. The molecule has 5 amide bonds. The number of carbonyl (C=O) groups is 6. The molecule has 52 heavy (non-hydrogen) atoms. The minimum Gasteiger partial charge on any atom is -0.460 e. The Labute approximate surface area is 312 Å². The Morgan fingerprint density at radius 1 is 0.923 bits per heavy atom. The van der Waals surface area contributed by atoms with Gasteiger partial charge in [0.25, 0.3) is 5.91 Å². The van der Waals surface area contributed by atoms with Crippen LogP contribution in [-0.2, 0) is 35.3 Å². The summed E-state index contributed by atoms with van der Waals surface area (Å²) >= 11 is 0. The van der Waals surface area contributed by atoms with Gasteiger partial charge in [0.2, 0.25) is 18.1 Å². The van der Waals surface area contributed by atoms with Crippen LogP contribution in [0, 0.1) is 17.3 Å².